The second-order valence-corrected chi connectivity index (χ2v) is 4.22. The molecule has 0 saturated carbocycles. The Balaban J connectivity index is 1.81. The quantitative estimate of drug-likeness (QED) is 0.759. The van der Waals surface area contributed by atoms with E-state index in [1.807, 2.05) is 0 Å². The number of carbonyl (C=O) groups excluding carboxylic acids is 1. The summed E-state index contributed by atoms with van der Waals surface area (Å²) in [5.41, 5.74) is 0.571. The second kappa shape index (κ2) is 3.92. The molecular weight excluding hydrogens is 222 g/mol. The Labute approximate surface area is 98.6 Å². The molecule has 5 heteroatoms. The molecule has 5 nitrogen and oxygen atoms in total. The molecule has 2 aliphatic heterocycles. The Kier molecular flexibility index (Phi) is 2.40. The lowest BCUT2D eigenvalue weighted by Gasteiger charge is -2.36. The summed E-state index contributed by atoms with van der Waals surface area (Å²) in [7, 11) is 0. The third kappa shape index (κ3) is 1.82. The summed E-state index contributed by atoms with van der Waals surface area (Å²) >= 11 is 0. The topological polar surface area (TPSA) is 59.0 Å². The van der Waals surface area contributed by atoms with Crippen molar-refractivity contribution in [2.75, 3.05) is 26.3 Å². The van der Waals surface area contributed by atoms with Crippen LogP contribution in [0.4, 0.5) is 0 Å². The van der Waals surface area contributed by atoms with E-state index in [1.54, 1.807) is 23.1 Å². The fraction of sp³-hybridized carbons (Fsp3) is 0.417. The van der Waals surface area contributed by atoms with Crippen molar-refractivity contribution in [3.63, 3.8) is 0 Å². The number of benzene rings is 1. The molecule has 2 aliphatic rings. The number of amides is 1. The maximum absolute atomic E-state index is 12.0. The molecule has 0 bridgehead atoms. The highest BCUT2D eigenvalue weighted by Crippen LogP contribution is 2.31. The van der Waals surface area contributed by atoms with Crippen LogP contribution in [0.1, 0.15) is 10.4 Å². The molecule has 0 unspecified atom stereocenters. The van der Waals surface area contributed by atoms with Gasteiger partial charge < -0.3 is 19.5 Å². The van der Waals surface area contributed by atoms with Crippen LogP contribution < -0.4 is 9.47 Å². The van der Waals surface area contributed by atoms with Crippen LogP contribution in [0.3, 0.4) is 0 Å². The van der Waals surface area contributed by atoms with Crippen LogP contribution in [0.25, 0.3) is 0 Å². The molecule has 2 heterocycles. The molecule has 90 valence electrons. The van der Waals surface area contributed by atoms with Gasteiger partial charge >= 0.3 is 0 Å². The summed E-state index contributed by atoms with van der Waals surface area (Å²) in [6.45, 7) is 1.87. The Morgan fingerprint density at radius 3 is 2.65 bits per heavy atom. The zero-order valence-corrected chi connectivity index (χ0v) is 9.26. The number of ether oxygens (including phenoxy) is 2. The van der Waals surface area contributed by atoms with E-state index >= 15 is 0 Å². The first kappa shape index (κ1) is 10.4. The lowest BCUT2D eigenvalue weighted by Crippen LogP contribution is -2.53. The van der Waals surface area contributed by atoms with Crippen LogP contribution >= 0.6 is 0 Å². The SMILES string of the molecule is O=C(c1ccc2c(c1)OCCO2)N1CC(O)C1. The molecule has 17 heavy (non-hydrogen) atoms. The fourth-order valence-corrected chi connectivity index (χ4v) is 1.98. The van der Waals surface area contributed by atoms with E-state index in [1.165, 1.54) is 0 Å². The van der Waals surface area contributed by atoms with Gasteiger partial charge in [-0.05, 0) is 18.2 Å². The van der Waals surface area contributed by atoms with Crippen LogP contribution in [0.2, 0.25) is 0 Å². The average Bonchev–Trinajstić information content (AvgIpc) is 2.33. The van der Waals surface area contributed by atoms with Gasteiger partial charge in [0.15, 0.2) is 11.5 Å². The average molecular weight is 235 g/mol. The number of β-amino-alcohol motifs (C(OH)–C–C–N with tert-alkyl or cyclic N) is 1. The van der Waals surface area contributed by atoms with Crippen LogP contribution in [0.5, 0.6) is 11.5 Å². The molecule has 0 spiro atoms. The number of rotatable bonds is 1. The van der Waals surface area contributed by atoms with Gasteiger partial charge in [-0.25, -0.2) is 0 Å². The lowest BCUT2D eigenvalue weighted by molar-refractivity contribution is 0.00585. The van der Waals surface area contributed by atoms with Crippen molar-refractivity contribution in [3.8, 4) is 11.5 Å². The molecule has 0 aromatic heterocycles. The van der Waals surface area contributed by atoms with Gasteiger partial charge in [-0.15, -0.1) is 0 Å². The van der Waals surface area contributed by atoms with E-state index in [-0.39, 0.29) is 12.0 Å². The third-order valence-corrected chi connectivity index (χ3v) is 2.94. The Morgan fingerprint density at radius 2 is 1.94 bits per heavy atom. The summed E-state index contributed by atoms with van der Waals surface area (Å²) in [6, 6.07) is 5.17. The van der Waals surface area contributed by atoms with Gasteiger partial charge in [0.25, 0.3) is 5.91 Å². The summed E-state index contributed by atoms with van der Waals surface area (Å²) in [5.74, 6) is 1.21. The van der Waals surface area contributed by atoms with Crippen molar-refractivity contribution in [2.24, 2.45) is 0 Å². The van der Waals surface area contributed by atoms with Crippen molar-refractivity contribution < 1.29 is 19.4 Å². The second-order valence-electron chi connectivity index (χ2n) is 4.22. The molecule has 1 fully saturated rings. The highest BCUT2D eigenvalue weighted by atomic mass is 16.6. The smallest absolute Gasteiger partial charge is 0.254 e. The van der Waals surface area contributed by atoms with E-state index in [0.29, 0.717) is 43.4 Å². The van der Waals surface area contributed by atoms with E-state index < -0.39 is 0 Å². The number of aliphatic hydroxyl groups excluding tert-OH is 1. The van der Waals surface area contributed by atoms with Crippen molar-refractivity contribution in [1.29, 1.82) is 0 Å². The first-order chi connectivity index (χ1) is 8.24. The first-order valence-electron chi connectivity index (χ1n) is 5.61. The van der Waals surface area contributed by atoms with Crippen LogP contribution in [0, 0.1) is 0 Å². The maximum Gasteiger partial charge on any atom is 0.254 e. The minimum absolute atomic E-state index is 0.0766. The van der Waals surface area contributed by atoms with Gasteiger partial charge in [-0.2, -0.15) is 0 Å². The van der Waals surface area contributed by atoms with Crippen molar-refractivity contribution >= 4 is 5.91 Å². The predicted molar refractivity (Wildman–Crippen MR) is 59.3 cm³/mol. The number of likely N-dealkylation sites (tertiary alicyclic amines) is 1. The van der Waals surface area contributed by atoms with Gasteiger partial charge in [0.2, 0.25) is 0 Å². The van der Waals surface area contributed by atoms with E-state index in [2.05, 4.69) is 0 Å². The number of nitrogens with zero attached hydrogens (tertiary/aromatic N) is 1. The zero-order valence-electron chi connectivity index (χ0n) is 9.26. The minimum atomic E-state index is -0.379. The zero-order chi connectivity index (χ0) is 11.8. The predicted octanol–water partition coefficient (Wildman–Crippen LogP) is 0.275. The Morgan fingerprint density at radius 1 is 1.24 bits per heavy atom. The molecule has 1 N–H and O–H groups in total. The molecule has 1 aromatic carbocycles. The van der Waals surface area contributed by atoms with E-state index in [9.17, 15) is 4.79 Å². The van der Waals surface area contributed by atoms with Crippen LogP contribution in [-0.2, 0) is 0 Å². The molecule has 0 radical (unpaired) electrons. The van der Waals surface area contributed by atoms with Crippen molar-refractivity contribution in [3.05, 3.63) is 23.8 Å². The number of hydrogen-bond donors (Lipinski definition) is 1. The van der Waals surface area contributed by atoms with Gasteiger partial charge in [0.1, 0.15) is 13.2 Å². The molecule has 1 amide bonds. The number of hydrogen-bond acceptors (Lipinski definition) is 4. The maximum atomic E-state index is 12.0. The number of carbonyl (C=O) groups is 1. The standard InChI is InChI=1S/C12H13NO4/c14-9-6-13(7-9)12(15)8-1-2-10-11(5-8)17-4-3-16-10/h1-2,5,9,14H,3-4,6-7H2. The van der Waals surface area contributed by atoms with Gasteiger partial charge in [0.05, 0.1) is 6.10 Å². The van der Waals surface area contributed by atoms with Gasteiger partial charge in [0, 0.05) is 18.7 Å². The normalized spacial score (nSPS) is 18.8. The molecule has 3 rings (SSSR count). The van der Waals surface area contributed by atoms with Crippen molar-refractivity contribution in [2.45, 2.75) is 6.10 Å². The van der Waals surface area contributed by atoms with E-state index in [4.69, 9.17) is 14.6 Å². The molecule has 0 atom stereocenters. The fourth-order valence-electron chi connectivity index (χ4n) is 1.98. The van der Waals surface area contributed by atoms with Crippen molar-refractivity contribution in [1.82, 2.24) is 4.90 Å². The monoisotopic (exact) mass is 235 g/mol. The highest BCUT2D eigenvalue weighted by molar-refractivity contribution is 5.95. The third-order valence-electron chi connectivity index (χ3n) is 2.94. The Hall–Kier alpha value is -1.75. The first-order valence-corrected chi connectivity index (χ1v) is 5.61. The molecule has 1 saturated heterocycles. The van der Waals surface area contributed by atoms with Gasteiger partial charge in [-0.1, -0.05) is 0 Å². The van der Waals surface area contributed by atoms with Gasteiger partial charge in [-0.3, -0.25) is 4.79 Å². The van der Waals surface area contributed by atoms with Crippen LogP contribution in [0.15, 0.2) is 18.2 Å². The number of fused-ring (bicyclic) bond motifs is 1. The largest absolute Gasteiger partial charge is 0.486 e. The number of aliphatic hydroxyl groups is 1. The van der Waals surface area contributed by atoms with E-state index in [0.717, 1.165) is 0 Å². The molecule has 1 aromatic rings. The Bertz CT molecular complexity index is 454. The lowest BCUT2D eigenvalue weighted by atomic mass is 10.1. The summed E-state index contributed by atoms with van der Waals surface area (Å²) in [5, 5.41) is 9.17. The summed E-state index contributed by atoms with van der Waals surface area (Å²) in [4.78, 5) is 13.6. The summed E-state index contributed by atoms with van der Waals surface area (Å²) < 4.78 is 10.8. The highest BCUT2D eigenvalue weighted by Gasteiger charge is 2.30. The van der Waals surface area contributed by atoms with Crippen LogP contribution in [-0.4, -0.2) is 48.3 Å². The molecular formula is C12H13NO4. The molecule has 0 aliphatic carbocycles. The summed E-state index contributed by atoms with van der Waals surface area (Å²) in [6.07, 6.45) is -0.379. The minimum Gasteiger partial charge on any atom is -0.486 e.